The lowest BCUT2D eigenvalue weighted by molar-refractivity contribution is 0.0954. The van der Waals surface area contributed by atoms with Crippen LogP contribution < -0.4 is 5.32 Å². The molecule has 1 unspecified atom stereocenters. The molecule has 2 fully saturated rings. The number of rotatable bonds is 6. The number of piperidine rings is 1. The third-order valence-electron chi connectivity index (χ3n) is 4.66. The van der Waals surface area contributed by atoms with E-state index in [0.29, 0.717) is 11.5 Å². The highest BCUT2D eigenvalue weighted by atomic mass is 16.3. The molecule has 1 atom stereocenters. The van der Waals surface area contributed by atoms with Gasteiger partial charge in [0.1, 0.15) is 0 Å². The lowest BCUT2D eigenvalue weighted by atomic mass is 9.78. The van der Waals surface area contributed by atoms with Gasteiger partial charge in [-0.1, -0.05) is 20.3 Å². The maximum atomic E-state index is 9.39. The normalized spacial score (nSPS) is 27.0. The molecule has 1 saturated carbocycles. The first-order chi connectivity index (χ1) is 8.15. The second-order valence-corrected chi connectivity index (χ2v) is 6.29. The molecule has 2 aliphatic rings. The van der Waals surface area contributed by atoms with Gasteiger partial charge in [-0.2, -0.15) is 0 Å². The Morgan fingerprint density at radius 2 is 2.00 bits per heavy atom. The molecular formula is C14H28N2O. The quantitative estimate of drug-likeness (QED) is 0.740. The lowest BCUT2D eigenvalue weighted by Gasteiger charge is -2.40. The van der Waals surface area contributed by atoms with E-state index in [1.807, 2.05) is 0 Å². The number of aliphatic hydroxyl groups excluding tert-OH is 1. The van der Waals surface area contributed by atoms with Gasteiger partial charge in [0, 0.05) is 18.6 Å². The van der Waals surface area contributed by atoms with Crippen LogP contribution in [0.2, 0.25) is 0 Å². The lowest BCUT2D eigenvalue weighted by Crippen LogP contribution is -2.48. The van der Waals surface area contributed by atoms with Gasteiger partial charge in [0.25, 0.3) is 0 Å². The first-order valence-corrected chi connectivity index (χ1v) is 7.24. The van der Waals surface area contributed by atoms with Crippen LogP contribution in [0.25, 0.3) is 0 Å². The third-order valence-corrected chi connectivity index (χ3v) is 4.66. The molecule has 3 heteroatoms. The summed E-state index contributed by atoms with van der Waals surface area (Å²) in [6, 6.07) is 0.978. The summed E-state index contributed by atoms with van der Waals surface area (Å²) in [5.41, 5.74) is 0.565. The van der Waals surface area contributed by atoms with Gasteiger partial charge in [0.05, 0.1) is 6.61 Å². The predicted octanol–water partition coefficient (Wildman–Crippen LogP) is 1.61. The van der Waals surface area contributed by atoms with Crippen molar-refractivity contribution in [3.63, 3.8) is 0 Å². The first kappa shape index (κ1) is 13.3. The van der Waals surface area contributed by atoms with E-state index in [1.54, 1.807) is 0 Å². The minimum absolute atomic E-state index is 0.276. The average molecular weight is 240 g/mol. The summed E-state index contributed by atoms with van der Waals surface area (Å²) in [6.45, 7) is 8.42. The summed E-state index contributed by atoms with van der Waals surface area (Å²) in [6.07, 6.45) is 6.51. The topological polar surface area (TPSA) is 35.5 Å². The molecule has 2 N–H and O–H groups in total. The number of nitrogens with zero attached hydrogens (tertiary/aromatic N) is 1. The Morgan fingerprint density at radius 1 is 1.35 bits per heavy atom. The largest absolute Gasteiger partial charge is 0.395 e. The van der Waals surface area contributed by atoms with Crippen LogP contribution in [0.1, 0.15) is 46.0 Å². The monoisotopic (exact) mass is 240 g/mol. The zero-order chi connectivity index (χ0) is 12.3. The Bertz CT molecular complexity index is 232. The van der Waals surface area contributed by atoms with Gasteiger partial charge in [-0.3, -0.25) is 0 Å². The Kier molecular flexibility index (Phi) is 4.45. The van der Waals surface area contributed by atoms with Crippen molar-refractivity contribution in [2.45, 2.75) is 58.0 Å². The molecule has 1 heterocycles. The highest BCUT2D eigenvalue weighted by molar-refractivity contribution is 4.88. The number of hydrogen-bond donors (Lipinski definition) is 2. The maximum absolute atomic E-state index is 9.39. The maximum Gasteiger partial charge on any atom is 0.0597 e. The molecule has 100 valence electrons. The molecule has 0 aromatic heterocycles. The number of hydrogen-bond acceptors (Lipinski definition) is 3. The fourth-order valence-corrected chi connectivity index (χ4v) is 2.69. The smallest absolute Gasteiger partial charge is 0.0597 e. The number of aliphatic hydroxyl groups is 1. The molecule has 1 saturated heterocycles. The summed E-state index contributed by atoms with van der Waals surface area (Å²) in [4.78, 5) is 2.52. The minimum Gasteiger partial charge on any atom is -0.395 e. The van der Waals surface area contributed by atoms with Gasteiger partial charge in [0.2, 0.25) is 0 Å². The molecule has 17 heavy (non-hydrogen) atoms. The molecule has 0 spiro atoms. The molecule has 0 bridgehead atoms. The van der Waals surface area contributed by atoms with Crippen molar-refractivity contribution in [2.75, 3.05) is 26.2 Å². The summed E-state index contributed by atoms with van der Waals surface area (Å²) in [7, 11) is 0. The van der Waals surface area contributed by atoms with Gasteiger partial charge in [0.15, 0.2) is 0 Å². The van der Waals surface area contributed by atoms with Crippen molar-refractivity contribution in [3.05, 3.63) is 0 Å². The van der Waals surface area contributed by atoms with Gasteiger partial charge < -0.3 is 15.3 Å². The van der Waals surface area contributed by atoms with Crippen molar-refractivity contribution in [3.8, 4) is 0 Å². The van der Waals surface area contributed by atoms with Gasteiger partial charge in [-0.15, -0.1) is 0 Å². The van der Waals surface area contributed by atoms with E-state index in [-0.39, 0.29) is 12.6 Å². The van der Waals surface area contributed by atoms with Crippen LogP contribution in [0.4, 0.5) is 0 Å². The first-order valence-electron chi connectivity index (χ1n) is 7.24. The zero-order valence-electron chi connectivity index (χ0n) is 11.4. The molecule has 1 aliphatic heterocycles. The second kappa shape index (κ2) is 5.68. The predicted molar refractivity (Wildman–Crippen MR) is 71.1 cm³/mol. The Labute approximate surface area is 106 Å². The molecule has 3 nitrogen and oxygen atoms in total. The van der Waals surface area contributed by atoms with E-state index in [9.17, 15) is 5.11 Å². The zero-order valence-corrected chi connectivity index (χ0v) is 11.4. The summed E-state index contributed by atoms with van der Waals surface area (Å²) < 4.78 is 0. The molecular weight excluding hydrogens is 212 g/mol. The molecule has 1 aliphatic carbocycles. The van der Waals surface area contributed by atoms with Crippen molar-refractivity contribution in [2.24, 2.45) is 5.41 Å². The molecule has 0 radical (unpaired) electrons. The van der Waals surface area contributed by atoms with Crippen molar-refractivity contribution >= 4 is 0 Å². The summed E-state index contributed by atoms with van der Waals surface area (Å²) >= 11 is 0. The second-order valence-electron chi connectivity index (χ2n) is 6.29. The standard InChI is InChI=1S/C14H28N2O/c1-3-14(2)6-8-16(9-7-14)10-13(11-17)15-12-4-5-12/h12-13,15,17H,3-11H2,1-2H3. The van der Waals surface area contributed by atoms with Crippen LogP contribution in [-0.2, 0) is 0 Å². The van der Waals surface area contributed by atoms with E-state index in [2.05, 4.69) is 24.1 Å². The van der Waals surface area contributed by atoms with Crippen LogP contribution in [0, 0.1) is 5.41 Å². The SMILES string of the molecule is CCC1(C)CCN(CC(CO)NC2CC2)CC1. The van der Waals surface area contributed by atoms with Crippen LogP contribution in [0.3, 0.4) is 0 Å². The van der Waals surface area contributed by atoms with Crippen molar-refractivity contribution < 1.29 is 5.11 Å². The summed E-state index contributed by atoms with van der Waals surface area (Å²) in [5.74, 6) is 0. The molecule has 0 amide bonds. The van der Waals surface area contributed by atoms with E-state index in [1.165, 1.54) is 45.2 Å². The Balaban J connectivity index is 1.72. The van der Waals surface area contributed by atoms with Crippen LogP contribution in [-0.4, -0.2) is 48.3 Å². The van der Waals surface area contributed by atoms with Crippen LogP contribution in [0.15, 0.2) is 0 Å². The third kappa shape index (κ3) is 3.94. The highest BCUT2D eigenvalue weighted by Gasteiger charge is 2.30. The molecule has 0 aromatic carbocycles. The number of nitrogens with one attached hydrogen (secondary N) is 1. The summed E-state index contributed by atoms with van der Waals surface area (Å²) in [5, 5.41) is 12.9. The van der Waals surface area contributed by atoms with Gasteiger partial charge >= 0.3 is 0 Å². The average Bonchev–Trinajstić information content (AvgIpc) is 3.15. The minimum atomic E-state index is 0.276. The fourth-order valence-electron chi connectivity index (χ4n) is 2.69. The molecule has 0 aromatic rings. The van der Waals surface area contributed by atoms with E-state index < -0.39 is 0 Å². The van der Waals surface area contributed by atoms with Crippen LogP contribution in [0.5, 0.6) is 0 Å². The fraction of sp³-hybridized carbons (Fsp3) is 1.00. The van der Waals surface area contributed by atoms with Crippen molar-refractivity contribution in [1.82, 2.24) is 10.2 Å². The Hall–Kier alpha value is -0.120. The highest BCUT2D eigenvalue weighted by Crippen LogP contribution is 2.33. The van der Waals surface area contributed by atoms with E-state index >= 15 is 0 Å². The van der Waals surface area contributed by atoms with E-state index in [4.69, 9.17) is 0 Å². The van der Waals surface area contributed by atoms with Gasteiger partial charge in [-0.25, -0.2) is 0 Å². The van der Waals surface area contributed by atoms with Crippen LogP contribution >= 0.6 is 0 Å². The van der Waals surface area contributed by atoms with Crippen molar-refractivity contribution in [1.29, 1.82) is 0 Å². The van der Waals surface area contributed by atoms with Gasteiger partial charge in [-0.05, 0) is 44.2 Å². The van der Waals surface area contributed by atoms with E-state index in [0.717, 1.165) is 6.54 Å². The number of likely N-dealkylation sites (tertiary alicyclic amines) is 1. The molecule has 2 rings (SSSR count). The Morgan fingerprint density at radius 3 is 2.47 bits per heavy atom.